The molecule has 1 amide bonds. The Balaban J connectivity index is 1.76. The average Bonchev–Trinajstić information content (AvgIpc) is 3.06. The van der Waals surface area contributed by atoms with Gasteiger partial charge in [-0.1, -0.05) is 60.7 Å². The van der Waals surface area contributed by atoms with Crippen LogP contribution in [0.1, 0.15) is 22.6 Å². The fourth-order valence-corrected chi connectivity index (χ4v) is 2.62. The Morgan fingerprint density at radius 1 is 0.880 bits per heavy atom. The van der Waals surface area contributed by atoms with Gasteiger partial charge in [-0.3, -0.25) is 4.79 Å². The lowest BCUT2D eigenvalue weighted by molar-refractivity contribution is -0.127. The SMILES string of the molecule is Cc1ccc(/C=C/C(=O)N(Cc2ccccc2)Cc2ccccc2)o1. The topological polar surface area (TPSA) is 33.5 Å². The molecule has 0 spiro atoms. The number of rotatable bonds is 6. The van der Waals surface area contributed by atoms with Crippen molar-refractivity contribution in [3.63, 3.8) is 0 Å². The molecule has 3 heteroatoms. The van der Waals surface area contributed by atoms with Crippen LogP contribution in [-0.2, 0) is 17.9 Å². The molecule has 3 nitrogen and oxygen atoms in total. The van der Waals surface area contributed by atoms with Crippen molar-refractivity contribution in [3.05, 3.63) is 102 Å². The van der Waals surface area contributed by atoms with Gasteiger partial charge < -0.3 is 9.32 Å². The highest BCUT2D eigenvalue weighted by molar-refractivity contribution is 5.91. The van der Waals surface area contributed by atoms with Gasteiger partial charge in [0, 0.05) is 19.2 Å². The number of carbonyl (C=O) groups excluding carboxylic acids is 1. The summed E-state index contributed by atoms with van der Waals surface area (Å²) in [5, 5.41) is 0. The Hall–Kier alpha value is -3.07. The Bertz CT molecular complexity index is 793. The van der Waals surface area contributed by atoms with Crippen LogP contribution in [0.2, 0.25) is 0 Å². The fraction of sp³-hybridized carbons (Fsp3) is 0.136. The van der Waals surface area contributed by atoms with E-state index in [1.807, 2.05) is 84.6 Å². The zero-order valence-corrected chi connectivity index (χ0v) is 14.3. The highest BCUT2D eigenvalue weighted by Crippen LogP contribution is 2.13. The Labute approximate surface area is 148 Å². The summed E-state index contributed by atoms with van der Waals surface area (Å²) in [7, 11) is 0. The van der Waals surface area contributed by atoms with E-state index in [-0.39, 0.29) is 5.91 Å². The van der Waals surface area contributed by atoms with Crippen molar-refractivity contribution >= 4 is 12.0 Å². The largest absolute Gasteiger partial charge is 0.462 e. The molecule has 0 saturated carbocycles. The summed E-state index contributed by atoms with van der Waals surface area (Å²) in [6.07, 6.45) is 3.29. The highest BCUT2D eigenvalue weighted by atomic mass is 16.3. The van der Waals surface area contributed by atoms with Crippen molar-refractivity contribution in [2.45, 2.75) is 20.0 Å². The van der Waals surface area contributed by atoms with Gasteiger partial charge in [0.05, 0.1) is 0 Å². The minimum absolute atomic E-state index is 0.0400. The van der Waals surface area contributed by atoms with Crippen molar-refractivity contribution in [2.24, 2.45) is 0 Å². The Morgan fingerprint density at radius 3 is 1.92 bits per heavy atom. The van der Waals surface area contributed by atoms with E-state index in [1.54, 1.807) is 12.2 Å². The van der Waals surface area contributed by atoms with Gasteiger partial charge in [-0.15, -0.1) is 0 Å². The van der Waals surface area contributed by atoms with Crippen molar-refractivity contribution in [3.8, 4) is 0 Å². The number of benzene rings is 2. The molecule has 0 bridgehead atoms. The van der Waals surface area contributed by atoms with Crippen molar-refractivity contribution in [2.75, 3.05) is 0 Å². The van der Waals surface area contributed by atoms with Gasteiger partial charge in [-0.2, -0.15) is 0 Å². The standard InChI is InChI=1S/C22H21NO2/c1-18-12-13-21(25-18)14-15-22(24)23(16-19-8-4-2-5-9-19)17-20-10-6-3-7-11-20/h2-15H,16-17H2,1H3/b15-14+. The van der Waals surface area contributed by atoms with Crippen LogP contribution in [0, 0.1) is 6.92 Å². The molecular formula is C22H21NO2. The van der Waals surface area contributed by atoms with Crippen molar-refractivity contribution in [1.82, 2.24) is 4.90 Å². The fourth-order valence-electron chi connectivity index (χ4n) is 2.62. The summed E-state index contributed by atoms with van der Waals surface area (Å²) in [4.78, 5) is 14.6. The Morgan fingerprint density at radius 2 is 1.44 bits per heavy atom. The molecule has 0 atom stereocenters. The smallest absolute Gasteiger partial charge is 0.247 e. The first-order chi connectivity index (χ1) is 12.2. The van der Waals surface area contributed by atoms with E-state index in [0.717, 1.165) is 16.9 Å². The van der Waals surface area contributed by atoms with Crippen LogP contribution in [0.15, 0.2) is 83.3 Å². The van der Waals surface area contributed by atoms with Crippen molar-refractivity contribution < 1.29 is 9.21 Å². The van der Waals surface area contributed by atoms with Crippen LogP contribution in [0.3, 0.4) is 0 Å². The number of carbonyl (C=O) groups is 1. The number of hydrogen-bond acceptors (Lipinski definition) is 2. The molecule has 2 aromatic carbocycles. The molecule has 3 aromatic rings. The molecule has 126 valence electrons. The maximum Gasteiger partial charge on any atom is 0.247 e. The molecule has 0 N–H and O–H groups in total. The Kier molecular flexibility index (Phi) is 5.47. The molecule has 0 fully saturated rings. The number of furan rings is 1. The van der Waals surface area contributed by atoms with E-state index in [1.165, 1.54) is 0 Å². The molecule has 25 heavy (non-hydrogen) atoms. The van der Waals surface area contributed by atoms with E-state index < -0.39 is 0 Å². The molecule has 3 rings (SSSR count). The highest BCUT2D eigenvalue weighted by Gasteiger charge is 2.12. The molecule has 0 aliphatic rings. The molecule has 0 unspecified atom stereocenters. The first kappa shape index (κ1) is 16.8. The molecule has 1 heterocycles. The third-order valence-corrected chi connectivity index (χ3v) is 3.90. The molecule has 0 saturated heterocycles. The quantitative estimate of drug-likeness (QED) is 0.606. The molecule has 0 radical (unpaired) electrons. The van der Waals surface area contributed by atoms with Crippen molar-refractivity contribution in [1.29, 1.82) is 0 Å². The van der Waals surface area contributed by atoms with Gasteiger partial charge in [0.15, 0.2) is 0 Å². The lowest BCUT2D eigenvalue weighted by atomic mass is 10.1. The third kappa shape index (κ3) is 4.95. The molecule has 0 aliphatic heterocycles. The number of hydrogen-bond donors (Lipinski definition) is 0. The lowest BCUT2D eigenvalue weighted by Gasteiger charge is -2.21. The van der Waals surface area contributed by atoms with Gasteiger partial charge in [-0.05, 0) is 36.3 Å². The normalized spacial score (nSPS) is 10.9. The zero-order valence-electron chi connectivity index (χ0n) is 14.3. The second-order valence-corrected chi connectivity index (χ2v) is 5.95. The van der Waals surface area contributed by atoms with Gasteiger partial charge in [0.25, 0.3) is 0 Å². The van der Waals surface area contributed by atoms with E-state index in [9.17, 15) is 4.79 Å². The predicted octanol–water partition coefficient (Wildman–Crippen LogP) is 4.83. The second-order valence-electron chi connectivity index (χ2n) is 5.95. The molecular weight excluding hydrogens is 310 g/mol. The summed E-state index contributed by atoms with van der Waals surface area (Å²) in [6.45, 7) is 3.02. The van der Waals surface area contributed by atoms with Gasteiger partial charge in [0.1, 0.15) is 11.5 Å². The molecule has 0 aliphatic carbocycles. The van der Waals surface area contributed by atoms with Crippen LogP contribution >= 0.6 is 0 Å². The maximum absolute atomic E-state index is 12.7. The van der Waals surface area contributed by atoms with Crippen LogP contribution < -0.4 is 0 Å². The van der Waals surface area contributed by atoms with Gasteiger partial charge in [0.2, 0.25) is 5.91 Å². The van der Waals surface area contributed by atoms with E-state index in [2.05, 4.69) is 0 Å². The lowest BCUT2D eigenvalue weighted by Crippen LogP contribution is -2.28. The maximum atomic E-state index is 12.7. The monoisotopic (exact) mass is 331 g/mol. The third-order valence-electron chi connectivity index (χ3n) is 3.90. The van der Waals surface area contributed by atoms with Crippen LogP contribution in [-0.4, -0.2) is 10.8 Å². The minimum atomic E-state index is -0.0400. The van der Waals surface area contributed by atoms with Crippen LogP contribution in [0.4, 0.5) is 0 Å². The molecule has 1 aromatic heterocycles. The van der Waals surface area contributed by atoms with Gasteiger partial charge >= 0.3 is 0 Å². The summed E-state index contributed by atoms with van der Waals surface area (Å²) in [5.74, 6) is 1.48. The summed E-state index contributed by atoms with van der Waals surface area (Å²) in [6, 6.07) is 23.8. The number of amides is 1. The van der Waals surface area contributed by atoms with E-state index in [0.29, 0.717) is 18.8 Å². The van der Waals surface area contributed by atoms with Crippen LogP contribution in [0.5, 0.6) is 0 Å². The van der Waals surface area contributed by atoms with E-state index >= 15 is 0 Å². The first-order valence-electron chi connectivity index (χ1n) is 8.32. The summed E-state index contributed by atoms with van der Waals surface area (Å²) < 4.78 is 5.49. The summed E-state index contributed by atoms with van der Waals surface area (Å²) >= 11 is 0. The average molecular weight is 331 g/mol. The van der Waals surface area contributed by atoms with E-state index in [4.69, 9.17) is 4.42 Å². The number of aryl methyl sites for hydroxylation is 1. The second kappa shape index (κ2) is 8.15. The predicted molar refractivity (Wildman–Crippen MR) is 99.6 cm³/mol. The summed E-state index contributed by atoms with van der Waals surface area (Å²) in [5.41, 5.74) is 2.21. The van der Waals surface area contributed by atoms with Gasteiger partial charge in [-0.25, -0.2) is 0 Å². The minimum Gasteiger partial charge on any atom is -0.462 e. The first-order valence-corrected chi connectivity index (χ1v) is 8.32. The zero-order chi connectivity index (χ0) is 17.5. The number of nitrogens with zero attached hydrogens (tertiary/aromatic N) is 1. The van der Waals surface area contributed by atoms with Crippen LogP contribution in [0.25, 0.3) is 6.08 Å².